The smallest absolute Gasteiger partial charge is 0.0704 e. The van der Waals surface area contributed by atoms with Gasteiger partial charge in [0.15, 0.2) is 0 Å². The van der Waals surface area contributed by atoms with E-state index in [9.17, 15) is 0 Å². The summed E-state index contributed by atoms with van der Waals surface area (Å²) in [5.74, 6) is 0. The SMILES string of the molecule is CNC1CCc2sc(Br)cc21. The molecule has 1 aromatic rings. The third-order valence-electron chi connectivity index (χ3n) is 2.20. The molecule has 3 heteroatoms. The molecule has 2 rings (SSSR count). The monoisotopic (exact) mass is 231 g/mol. The van der Waals surface area contributed by atoms with Gasteiger partial charge in [0, 0.05) is 10.9 Å². The first-order chi connectivity index (χ1) is 5.31. The van der Waals surface area contributed by atoms with E-state index in [0.717, 1.165) is 0 Å². The van der Waals surface area contributed by atoms with Crippen molar-refractivity contribution < 1.29 is 0 Å². The molecule has 0 fully saturated rings. The van der Waals surface area contributed by atoms with Crippen molar-refractivity contribution in [2.24, 2.45) is 0 Å². The van der Waals surface area contributed by atoms with Crippen LogP contribution in [-0.4, -0.2) is 7.05 Å². The molecule has 1 aromatic heterocycles. The number of fused-ring (bicyclic) bond motifs is 1. The average Bonchev–Trinajstić information content (AvgIpc) is 2.45. The average molecular weight is 232 g/mol. The quantitative estimate of drug-likeness (QED) is 0.784. The van der Waals surface area contributed by atoms with Gasteiger partial charge in [-0.15, -0.1) is 11.3 Å². The predicted molar refractivity (Wildman–Crippen MR) is 52.1 cm³/mol. The molecule has 1 aliphatic rings. The van der Waals surface area contributed by atoms with E-state index in [1.165, 1.54) is 22.2 Å². The van der Waals surface area contributed by atoms with Gasteiger partial charge in [0.25, 0.3) is 0 Å². The van der Waals surface area contributed by atoms with Crippen LogP contribution in [0.2, 0.25) is 0 Å². The number of rotatable bonds is 1. The van der Waals surface area contributed by atoms with Gasteiger partial charge in [-0.3, -0.25) is 0 Å². The van der Waals surface area contributed by atoms with E-state index in [0.29, 0.717) is 6.04 Å². The highest BCUT2D eigenvalue weighted by Crippen LogP contribution is 2.38. The Bertz CT molecular complexity index is 269. The predicted octanol–water partition coefficient (Wildman–Crippen LogP) is 2.72. The van der Waals surface area contributed by atoms with Crippen LogP contribution in [0.4, 0.5) is 0 Å². The lowest BCUT2D eigenvalue weighted by Crippen LogP contribution is -2.12. The van der Waals surface area contributed by atoms with Crippen LogP contribution < -0.4 is 5.32 Å². The molecule has 0 aliphatic heterocycles. The third kappa shape index (κ3) is 1.25. The lowest BCUT2D eigenvalue weighted by atomic mass is 10.2. The second-order valence-electron chi connectivity index (χ2n) is 2.81. The summed E-state index contributed by atoms with van der Waals surface area (Å²) < 4.78 is 1.27. The maximum atomic E-state index is 3.51. The highest BCUT2D eigenvalue weighted by atomic mass is 79.9. The Morgan fingerprint density at radius 2 is 2.55 bits per heavy atom. The highest BCUT2D eigenvalue weighted by molar-refractivity contribution is 9.11. The summed E-state index contributed by atoms with van der Waals surface area (Å²) in [7, 11) is 2.03. The normalized spacial score (nSPS) is 22.2. The third-order valence-corrected chi connectivity index (χ3v) is 3.91. The van der Waals surface area contributed by atoms with Crippen molar-refractivity contribution in [3.63, 3.8) is 0 Å². The Labute approximate surface area is 78.9 Å². The van der Waals surface area contributed by atoms with Crippen molar-refractivity contribution >= 4 is 27.3 Å². The van der Waals surface area contributed by atoms with Crippen molar-refractivity contribution in [2.75, 3.05) is 7.05 Å². The van der Waals surface area contributed by atoms with E-state index >= 15 is 0 Å². The van der Waals surface area contributed by atoms with E-state index in [-0.39, 0.29) is 0 Å². The second-order valence-corrected chi connectivity index (χ2v) is 5.32. The molecule has 0 bridgehead atoms. The molecular formula is C8H10BrNS. The van der Waals surface area contributed by atoms with Gasteiger partial charge in [0.1, 0.15) is 0 Å². The topological polar surface area (TPSA) is 12.0 Å². The molecule has 1 unspecified atom stereocenters. The van der Waals surface area contributed by atoms with Gasteiger partial charge < -0.3 is 5.32 Å². The Morgan fingerprint density at radius 3 is 3.27 bits per heavy atom. The zero-order valence-corrected chi connectivity index (χ0v) is 8.76. The van der Waals surface area contributed by atoms with Crippen LogP contribution in [0.25, 0.3) is 0 Å². The molecule has 60 valence electrons. The number of hydrogen-bond donors (Lipinski definition) is 1. The van der Waals surface area contributed by atoms with Gasteiger partial charge in [-0.05, 0) is 47.4 Å². The molecule has 0 amide bonds. The molecular weight excluding hydrogens is 222 g/mol. The summed E-state index contributed by atoms with van der Waals surface area (Å²) in [5, 5.41) is 3.32. The van der Waals surface area contributed by atoms with Gasteiger partial charge in [-0.2, -0.15) is 0 Å². The molecule has 11 heavy (non-hydrogen) atoms. The van der Waals surface area contributed by atoms with Gasteiger partial charge in [-0.25, -0.2) is 0 Å². The fraction of sp³-hybridized carbons (Fsp3) is 0.500. The minimum Gasteiger partial charge on any atom is -0.313 e. The number of thiophene rings is 1. The Morgan fingerprint density at radius 1 is 1.73 bits per heavy atom. The minimum absolute atomic E-state index is 0.604. The molecule has 1 atom stereocenters. The number of nitrogens with one attached hydrogen (secondary N) is 1. The molecule has 1 N–H and O–H groups in total. The van der Waals surface area contributed by atoms with Crippen molar-refractivity contribution in [2.45, 2.75) is 18.9 Å². The van der Waals surface area contributed by atoms with Crippen molar-refractivity contribution in [1.29, 1.82) is 0 Å². The summed E-state index contributed by atoms with van der Waals surface area (Å²) in [4.78, 5) is 1.55. The summed E-state index contributed by atoms with van der Waals surface area (Å²) >= 11 is 5.38. The number of aryl methyl sites for hydroxylation is 1. The van der Waals surface area contributed by atoms with E-state index < -0.39 is 0 Å². The van der Waals surface area contributed by atoms with Gasteiger partial charge in [0.2, 0.25) is 0 Å². The fourth-order valence-electron chi connectivity index (χ4n) is 1.63. The van der Waals surface area contributed by atoms with Gasteiger partial charge in [0.05, 0.1) is 3.79 Å². The van der Waals surface area contributed by atoms with Gasteiger partial charge >= 0.3 is 0 Å². The summed E-state index contributed by atoms with van der Waals surface area (Å²) in [6.45, 7) is 0. The zero-order valence-electron chi connectivity index (χ0n) is 6.36. The van der Waals surface area contributed by atoms with Crippen molar-refractivity contribution in [1.82, 2.24) is 5.32 Å². The largest absolute Gasteiger partial charge is 0.313 e. The first kappa shape index (κ1) is 7.77. The van der Waals surface area contributed by atoms with Crippen LogP contribution in [0.1, 0.15) is 22.9 Å². The van der Waals surface area contributed by atoms with Gasteiger partial charge in [-0.1, -0.05) is 0 Å². The summed E-state index contributed by atoms with van der Waals surface area (Å²) in [6, 6.07) is 2.85. The highest BCUT2D eigenvalue weighted by Gasteiger charge is 2.22. The minimum atomic E-state index is 0.604. The van der Waals surface area contributed by atoms with Crippen LogP contribution >= 0.6 is 27.3 Å². The lowest BCUT2D eigenvalue weighted by molar-refractivity contribution is 0.590. The molecule has 0 aromatic carbocycles. The number of halogens is 1. The molecule has 0 radical (unpaired) electrons. The summed E-state index contributed by atoms with van der Waals surface area (Å²) in [5.41, 5.74) is 1.50. The first-order valence-corrected chi connectivity index (χ1v) is 5.37. The molecule has 0 saturated carbocycles. The van der Waals surface area contributed by atoms with Crippen molar-refractivity contribution in [3.05, 3.63) is 20.3 Å². The van der Waals surface area contributed by atoms with Crippen LogP contribution in [0.15, 0.2) is 9.85 Å². The van der Waals surface area contributed by atoms with E-state index in [2.05, 4.69) is 27.3 Å². The van der Waals surface area contributed by atoms with Crippen LogP contribution in [-0.2, 0) is 6.42 Å². The van der Waals surface area contributed by atoms with Crippen LogP contribution in [0.3, 0.4) is 0 Å². The lowest BCUT2D eigenvalue weighted by Gasteiger charge is -2.06. The van der Waals surface area contributed by atoms with Crippen LogP contribution in [0.5, 0.6) is 0 Å². The molecule has 1 heterocycles. The standard InChI is InChI=1S/C8H10BrNS/c1-10-6-2-3-7-5(6)4-8(9)11-7/h4,6,10H,2-3H2,1H3. The Hall–Kier alpha value is 0.140. The first-order valence-electron chi connectivity index (χ1n) is 3.76. The van der Waals surface area contributed by atoms with E-state index in [1.807, 2.05) is 18.4 Å². The van der Waals surface area contributed by atoms with Crippen molar-refractivity contribution in [3.8, 4) is 0 Å². The zero-order chi connectivity index (χ0) is 7.84. The fourth-order valence-corrected chi connectivity index (χ4v) is 3.42. The molecule has 1 aliphatic carbocycles. The second kappa shape index (κ2) is 2.88. The Balaban J connectivity index is 2.37. The maximum Gasteiger partial charge on any atom is 0.0704 e. The number of hydrogen-bond acceptors (Lipinski definition) is 2. The maximum absolute atomic E-state index is 3.51. The van der Waals surface area contributed by atoms with E-state index in [4.69, 9.17) is 0 Å². The molecule has 0 saturated heterocycles. The van der Waals surface area contributed by atoms with E-state index in [1.54, 1.807) is 4.88 Å². The molecule has 1 nitrogen and oxygen atoms in total. The molecule has 0 spiro atoms. The Kier molecular flexibility index (Phi) is 2.04. The summed E-state index contributed by atoms with van der Waals surface area (Å²) in [6.07, 6.45) is 2.52. The van der Waals surface area contributed by atoms with Crippen LogP contribution in [0, 0.1) is 0 Å².